The smallest absolute Gasteiger partial charge is 0.119 e. The molecule has 0 amide bonds. The monoisotopic (exact) mass is 210 g/mol. The molecule has 1 aromatic carbocycles. The molecule has 84 valence electrons. The van der Waals surface area contributed by atoms with Gasteiger partial charge in [-0.15, -0.1) is 0 Å². The highest BCUT2D eigenvalue weighted by Gasteiger charge is 2.06. The summed E-state index contributed by atoms with van der Waals surface area (Å²) in [5, 5.41) is 17.8. The number of aliphatic hydroxyl groups excluding tert-OH is 2. The molecule has 0 aliphatic heterocycles. The fourth-order valence-electron chi connectivity index (χ4n) is 1.44. The molecule has 0 saturated carbocycles. The van der Waals surface area contributed by atoms with E-state index in [1.54, 1.807) is 7.11 Å². The minimum Gasteiger partial charge on any atom is -0.497 e. The Labute approximate surface area is 90.3 Å². The molecule has 0 atom stereocenters. The Morgan fingerprint density at radius 1 is 1.27 bits per heavy atom. The lowest BCUT2D eigenvalue weighted by molar-refractivity contribution is 0.144. The highest BCUT2D eigenvalue weighted by Crippen LogP contribution is 2.15. The van der Waals surface area contributed by atoms with Gasteiger partial charge in [0.2, 0.25) is 0 Å². The summed E-state index contributed by atoms with van der Waals surface area (Å²) in [6.45, 7) is 0.0843. The molecule has 3 nitrogen and oxygen atoms in total. The molecule has 0 aliphatic carbocycles. The standard InChI is InChI=1S/C12H18O3/c1-15-12-4-2-3-10(7-12)5-6-11(8-13)9-14/h2-4,7,11,13-14H,5-6,8-9H2,1H3. The highest BCUT2D eigenvalue weighted by molar-refractivity contribution is 5.28. The van der Waals surface area contributed by atoms with Crippen molar-refractivity contribution < 1.29 is 14.9 Å². The molecule has 3 heteroatoms. The van der Waals surface area contributed by atoms with E-state index in [9.17, 15) is 0 Å². The van der Waals surface area contributed by atoms with Gasteiger partial charge in [0.1, 0.15) is 5.75 Å². The third kappa shape index (κ3) is 3.90. The van der Waals surface area contributed by atoms with E-state index >= 15 is 0 Å². The van der Waals surface area contributed by atoms with E-state index in [1.807, 2.05) is 24.3 Å². The van der Waals surface area contributed by atoms with Gasteiger partial charge in [0, 0.05) is 19.1 Å². The first kappa shape index (κ1) is 12.0. The summed E-state index contributed by atoms with van der Waals surface area (Å²) in [7, 11) is 1.64. The Bertz CT molecular complexity index is 282. The fourth-order valence-corrected chi connectivity index (χ4v) is 1.44. The molecule has 0 aromatic heterocycles. The number of aryl methyl sites for hydroxylation is 1. The van der Waals surface area contributed by atoms with Crippen LogP contribution in [-0.2, 0) is 6.42 Å². The van der Waals surface area contributed by atoms with Crippen LogP contribution in [0.4, 0.5) is 0 Å². The van der Waals surface area contributed by atoms with Crippen molar-refractivity contribution in [3.8, 4) is 5.75 Å². The highest BCUT2D eigenvalue weighted by atomic mass is 16.5. The Balaban J connectivity index is 2.49. The van der Waals surface area contributed by atoms with E-state index in [1.165, 1.54) is 5.56 Å². The van der Waals surface area contributed by atoms with E-state index in [0.717, 1.165) is 18.6 Å². The van der Waals surface area contributed by atoms with Crippen LogP contribution in [0.25, 0.3) is 0 Å². The van der Waals surface area contributed by atoms with Gasteiger partial charge in [-0.1, -0.05) is 12.1 Å². The van der Waals surface area contributed by atoms with Gasteiger partial charge in [0.25, 0.3) is 0 Å². The Morgan fingerprint density at radius 3 is 2.60 bits per heavy atom. The summed E-state index contributed by atoms with van der Waals surface area (Å²) in [4.78, 5) is 0. The summed E-state index contributed by atoms with van der Waals surface area (Å²) in [6, 6.07) is 7.85. The van der Waals surface area contributed by atoms with Gasteiger partial charge in [-0.25, -0.2) is 0 Å². The van der Waals surface area contributed by atoms with Crippen molar-refractivity contribution in [3.63, 3.8) is 0 Å². The van der Waals surface area contributed by atoms with Gasteiger partial charge in [-0.05, 0) is 30.5 Å². The average molecular weight is 210 g/mol. The van der Waals surface area contributed by atoms with Gasteiger partial charge in [0.05, 0.1) is 7.11 Å². The number of methoxy groups -OCH3 is 1. The molecular weight excluding hydrogens is 192 g/mol. The Kier molecular flexibility index (Phi) is 5.15. The fraction of sp³-hybridized carbons (Fsp3) is 0.500. The van der Waals surface area contributed by atoms with Crippen LogP contribution in [0.3, 0.4) is 0 Å². The van der Waals surface area contributed by atoms with Gasteiger partial charge in [-0.2, -0.15) is 0 Å². The largest absolute Gasteiger partial charge is 0.497 e. The zero-order chi connectivity index (χ0) is 11.1. The second-order valence-electron chi connectivity index (χ2n) is 3.62. The van der Waals surface area contributed by atoms with E-state index < -0.39 is 0 Å². The van der Waals surface area contributed by atoms with Crippen molar-refractivity contribution in [2.75, 3.05) is 20.3 Å². The van der Waals surface area contributed by atoms with Crippen molar-refractivity contribution in [2.45, 2.75) is 12.8 Å². The molecule has 15 heavy (non-hydrogen) atoms. The minimum atomic E-state index is -0.0174. The van der Waals surface area contributed by atoms with Gasteiger partial charge in [0.15, 0.2) is 0 Å². The summed E-state index contributed by atoms with van der Waals surface area (Å²) in [5.41, 5.74) is 1.17. The maximum Gasteiger partial charge on any atom is 0.119 e. The van der Waals surface area contributed by atoms with Crippen LogP contribution in [0.1, 0.15) is 12.0 Å². The lowest BCUT2D eigenvalue weighted by Gasteiger charge is -2.10. The number of rotatable bonds is 6. The summed E-state index contributed by atoms with van der Waals surface area (Å²) in [6.07, 6.45) is 1.64. The molecule has 0 heterocycles. The van der Waals surface area contributed by atoms with E-state index in [-0.39, 0.29) is 19.1 Å². The van der Waals surface area contributed by atoms with Crippen molar-refractivity contribution in [2.24, 2.45) is 5.92 Å². The topological polar surface area (TPSA) is 49.7 Å². The number of aliphatic hydroxyl groups is 2. The molecule has 0 saturated heterocycles. The maximum atomic E-state index is 8.92. The normalized spacial score (nSPS) is 10.7. The van der Waals surface area contributed by atoms with Crippen molar-refractivity contribution in [3.05, 3.63) is 29.8 Å². The maximum absolute atomic E-state index is 8.92. The molecule has 0 aliphatic rings. The first-order valence-electron chi connectivity index (χ1n) is 5.14. The molecule has 0 radical (unpaired) electrons. The molecule has 0 spiro atoms. The van der Waals surface area contributed by atoms with Crippen molar-refractivity contribution in [1.29, 1.82) is 0 Å². The molecule has 1 rings (SSSR count). The Hall–Kier alpha value is -1.06. The van der Waals surface area contributed by atoms with Crippen LogP contribution in [-0.4, -0.2) is 30.5 Å². The molecular formula is C12H18O3. The minimum absolute atomic E-state index is 0.0174. The van der Waals surface area contributed by atoms with Crippen LogP contribution >= 0.6 is 0 Å². The van der Waals surface area contributed by atoms with E-state index in [0.29, 0.717) is 0 Å². The second-order valence-corrected chi connectivity index (χ2v) is 3.62. The predicted octanol–water partition coefficient (Wildman–Crippen LogP) is 1.23. The second kappa shape index (κ2) is 6.43. The third-order valence-corrected chi connectivity index (χ3v) is 2.49. The Morgan fingerprint density at radius 2 is 2.00 bits per heavy atom. The quantitative estimate of drug-likeness (QED) is 0.742. The van der Waals surface area contributed by atoms with Crippen molar-refractivity contribution in [1.82, 2.24) is 0 Å². The number of ether oxygens (including phenoxy) is 1. The summed E-state index contributed by atoms with van der Waals surface area (Å²) in [5.74, 6) is 0.827. The van der Waals surface area contributed by atoms with Crippen LogP contribution in [0, 0.1) is 5.92 Å². The number of hydrogen-bond donors (Lipinski definition) is 2. The third-order valence-electron chi connectivity index (χ3n) is 2.49. The molecule has 0 bridgehead atoms. The number of benzene rings is 1. The zero-order valence-corrected chi connectivity index (χ0v) is 9.02. The average Bonchev–Trinajstić information content (AvgIpc) is 2.31. The molecule has 0 unspecified atom stereocenters. The first-order chi connectivity index (χ1) is 7.30. The van der Waals surface area contributed by atoms with Gasteiger partial charge >= 0.3 is 0 Å². The molecule has 0 fully saturated rings. The summed E-state index contributed by atoms with van der Waals surface area (Å²) < 4.78 is 5.12. The lowest BCUT2D eigenvalue weighted by atomic mass is 10.0. The molecule has 1 aromatic rings. The first-order valence-corrected chi connectivity index (χ1v) is 5.14. The SMILES string of the molecule is COc1cccc(CCC(CO)CO)c1. The van der Waals surface area contributed by atoms with E-state index in [4.69, 9.17) is 14.9 Å². The van der Waals surface area contributed by atoms with Gasteiger partial charge < -0.3 is 14.9 Å². The lowest BCUT2D eigenvalue weighted by Crippen LogP contribution is -2.11. The predicted molar refractivity (Wildman–Crippen MR) is 59.0 cm³/mol. The number of hydrogen-bond acceptors (Lipinski definition) is 3. The van der Waals surface area contributed by atoms with Crippen molar-refractivity contribution >= 4 is 0 Å². The summed E-state index contributed by atoms with van der Waals surface area (Å²) >= 11 is 0. The van der Waals surface area contributed by atoms with Crippen LogP contribution in [0.2, 0.25) is 0 Å². The van der Waals surface area contributed by atoms with E-state index in [2.05, 4.69) is 0 Å². The van der Waals surface area contributed by atoms with Crippen LogP contribution in [0.15, 0.2) is 24.3 Å². The van der Waals surface area contributed by atoms with Crippen LogP contribution < -0.4 is 4.74 Å². The molecule has 2 N–H and O–H groups in total. The zero-order valence-electron chi connectivity index (χ0n) is 9.02. The van der Waals surface area contributed by atoms with Gasteiger partial charge in [-0.3, -0.25) is 0 Å². The van der Waals surface area contributed by atoms with Crippen LogP contribution in [0.5, 0.6) is 5.75 Å².